The number of amides is 1. The summed E-state index contributed by atoms with van der Waals surface area (Å²) in [6, 6.07) is 14.6. The lowest BCUT2D eigenvalue weighted by atomic mass is 9.78. The lowest BCUT2D eigenvalue weighted by Gasteiger charge is -2.43. The second-order valence-corrected chi connectivity index (χ2v) is 10.9. The number of hydrogen-bond donors (Lipinski definition) is 1. The van der Waals surface area contributed by atoms with Crippen LogP contribution < -0.4 is 5.32 Å². The van der Waals surface area contributed by atoms with Gasteiger partial charge < -0.3 is 24.3 Å². The second-order valence-electron chi connectivity index (χ2n) is 10.9. The number of aryl methyl sites for hydroxylation is 1. The molecular formula is C29H38FNO5. The molecule has 1 heterocycles. The van der Waals surface area contributed by atoms with E-state index in [-0.39, 0.29) is 36.8 Å². The molecule has 2 aromatic rings. The van der Waals surface area contributed by atoms with Gasteiger partial charge in [-0.25, -0.2) is 4.39 Å². The molecule has 1 amide bonds. The number of benzene rings is 2. The Balaban J connectivity index is 1.60. The average Bonchev–Trinajstić information content (AvgIpc) is 3.15. The fourth-order valence-corrected chi connectivity index (χ4v) is 4.88. The van der Waals surface area contributed by atoms with Crippen molar-refractivity contribution in [3.05, 3.63) is 71.0 Å². The van der Waals surface area contributed by atoms with Gasteiger partial charge in [0.25, 0.3) is 5.91 Å². The molecule has 4 atom stereocenters. The molecule has 0 bridgehead atoms. The molecule has 2 aliphatic rings. The van der Waals surface area contributed by atoms with Crippen LogP contribution >= 0.6 is 0 Å². The van der Waals surface area contributed by atoms with E-state index in [1.165, 1.54) is 11.6 Å². The van der Waals surface area contributed by atoms with Gasteiger partial charge in [0.05, 0.1) is 25.4 Å². The second kappa shape index (κ2) is 11.0. The average molecular weight is 500 g/mol. The van der Waals surface area contributed by atoms with E-state index < -0.39 is 23.6 Å². The van der Waals surface area contributed by atoms with Gasteiger partial charge in [0.2, 0.25) is 0 Å². The van der Waals surface area contributed by atoms with Crippen molar-refractivity contribution in [3.8, 4) is 0 Å². The Morgan fingerprint density at radius 1 is 1.08 bits per heavy atom. The number of hydrogen-bond acceptors (Lipinski definition) is 5. The fraction of sp³-hybridized carbons (Fsp3) is 0.552. The first-order valence-corrected chi connectivity index (χ1v) is 12.8. The summed E-state index contributed by atoms with van der Waals surface area (Å²) in [5.74, 6) is -1.13. The zero-order chi connectivity index (χ0) is 25.9. The molecule has 196 valence electrons. The van der Waals surface area contributed by atoms with Crippen LogP contribution in [0.5, 0.6) is 0 Å². The number of ether oxygens (including phenoxy) is 4. The van der Waals surface area contributed by atoms with Crippen molar-refractivity contribution in [3.63, 3.8) is 0 Å². The van der Waals surface area contributed by atoms with Crippen LogP contribution in [-0.2, 0) is 37.0 Å². The van der Waals surface area contributed by atoms with E-state index in [1.54, 1.807) is 18.2 Å². The topological polar surface area (TPSA) is 66.0 Å². The highest BCUT2D eigenvalue weighted by molar-refractivity contribution is 5.85. The number of halogens is 1. The number of nitrogens with one attached hydrogen (secondary N) is 1. The highest BCUT2D eigenvalue weighted by atomic mass is 19.1. The lowest BCUT2D eigenvalue weighted by molar-refractivity contribution is -0.183. The highest BCUT2D eigenvalue weighted by Gasteiger charge is 2.58. The van der Waals surface area contributed by atoms with E-state index in [4.69, 9.17) is 18.9 Å². The zero-order valence-electron chi connectivity index (χ0n) is 21.9. The normalized spacial score (nSPS) is 27.1. The van der Waals surface area contributed by atoms with Gasteiger partial charge in [-0.3, -0.25) is 4.79 Å². The first-order chi connectivity index (χ1) is 17.1. The Kier molecular flexibility index (Phi) is 8.15. The summed E-state index contributed by atoms with van der Waals surface area (Å²) in [7, 11) is 0. The molecule has 0 unspecified atom stereocenters. The Hall–Kier alpha value is -2.32. The van der Waals surface area contributed by atoms with Crippen LogP contribution in [0.3, 0.4) is 0 Å². The van der Waals surface area contributed by atoms with Crippen LogP contribution in [-0.4, -0.2) is 42.2 Å². The molecular weight excluding hydrogens is 461 g/mol. The monoisotopic (exact) mass is 499 g/mol. The van der Waals surface area contributed by atoms with Gasteiger partial charge in [-0.1, -0.05) is 61.9 Å². The summed E-state index contributed by atoms with van der Waals surface area (Å²) >= 11 is 0. The zero-order valence-corrected chi connectivity index (χ0v) is 21.9. The van der Waals surface area contributed by atoms with Crippen molar-refractivity contribution in [1.29, 1.82) is 0 Å². The van der Waals surface area contributed by atoms with Crippen molar-refractivity contribution in [2.24, 2.45) is 5.92 Å². The van der Waals surface area contributed by atoms with Crippen molar-refractivity contribution in [1.82, 2.24) is 5.32 Å². The lowest BCUT2D eigenvalue weighted by Crippen LogP contribution is -2.60. The Bertz CT molecular complexity index is 1040. The van der Waals surface area contributed by atoms with Crippen LogP contribution in [0, 0.1) is 18.7 Å². The van der Waals surface area contributed by atoms with Crippen molar-refractivity contribution in [2.75, 3.05) is 6.54 Å². The molecule has 1 saturated heterocycles. The molecule has 1 aliphatic carbocycles. The van der Waals surface area contributed by atoms with Gasteiger partial charge >= 0.3 is 0 Å². The molecule has 0 radical (unpaired) electrons. The van der Waals surface area contributed by atoms with E-state index in [9.17, 15) is 9.18 Å². The van der Waals surface area contributed by atoms with Gasteiger partial charge in [0.15, 0.2) is 11.4 Å². The fourth-order valence-electron chi connectivity index (χ4n) is 4.88. The molecule has 2 aromatic carbocycles. The SMILES string of the molecule is Cc1ccc(CO[C@H]2C[C@](OCc3ccccc3F)(C(=O)NCC(C)C)C[C@H]3OC(C)(C)O[C@@H]23)cc1. The molecule has 1 N–H and O–H groups in total. The van der Waals surface area contributed by atoms with Crippen LogP contribution in [0.4, 0.5) is 4.39 Å². The van der Waals surface area contributed by atoms with Gasteiger partial charge in [0, 0.05) is 24.9 Å². The summed E-state index contributed by atoms with van der Waals surface area (Å²) < 4.78 is 39.6. The van der Waals surface area contributed by atoms with E-state index in [0.29, 0.717) is 25.1 Å². The standard InChI is InChI=1S/C29H38FNO5/c1-19(2)16-31-27(32)29(34-18-22-8-6-7-9-23(22)30)14-24(26-25(15-29)35-28(4,5)36-26)33-17-21-12-10-20(3)11-13-21/h6-13,19,24-26H,14-18H2,1-5H3,(H,31,32)/t24-,25+,26-,29+/m0/s1. The quantitative estimate of drug-likeness (QED) is 0.522. The van der Waals surface area contributed by atoms with E-state index in [0.717, 1.165) is 5.56 Å². The molecule has 7 heteroatoms. The third kappa shape index (κ3) is 6.32. The summed E-state index contributed by atoms with van der Waals surface area (Å²) in [4.78, 5) is 13.7. The van der Waals surface area contributed by atoms with Crippen molar-refractivity contribution < 1.29 is 28.1 Å². The summed E-state index contributed by atoms with van der Waals surface area (Å²) in [6.07, 6.45) is -0.616. The summed E-state index contributed by atoms with van der Waals surface area (Å²) in [5.41, 5.74) is 1.35. The summed E-state index contributed by atoms with van der Waals surface area (Å²) in [5, 5.41) is 3.04. The number of carbonyl (C=O) groups excluding carboxylic acids is 1. The van der Waals surface area contributed by atoms with Crippen LogP contribution in [0.1, 0.15) is 57.2 Å². The third-order valence-electron chi connectivity index (χ3n) is 6.78. The minimum Gasteiger partial charge on any atom is -0.371 e. The Morgan fingerprint density at radius 3 is 2.50 bits per heavy atom. The van der Waals surface area contributed by atoms with E-state index in [1.807, 2.05) is 58.9 Å². The number of fused-ring (bicyclic) bond motifs is 1. The van der Waals surface area contributed by atoms with Gasteiger partial charge in [0.1, 0.15) is 11.9 Å². The Morgan fingerprint density at radius 2 is 1.81 bits per heavy atom. The van der Waals surface area contributed by atoms with Gasteiger partial charge in [-0.15, -0.1) is 0 Å². The van der Waals surface area contributed by atoms with Gasteiger partial charge in [-0.2, -0.15) is 0 Å². The first kappa shape index (κ1) is 26.7. The first-order valence-electron chi connectivity index (χ1n) is 12.8. The maximum atomic E-state index is 14.4. The summed E-state index contributed by atoms with van der Waals surface area (Å²) in [6.45, 7) is 10.7. The molecule has 6 nitrogen and oxygen atoms in total. The molecule has 4 rings (SSSR count). The van der Waals surface area contributed by atoms with E-state index in [2.05, 4.69) is 5.32 Å². The van der Waals surface area contributed by atoms with Crippen LogP contribution in [0.15, 0.2) is 48.5 Å². The van der Waals surface area contributed by atoms with Crippen LogP contribution in [0.2, 0.25) is 0 Å². The molecule has 0 aromatic heterocycles. The highest BCUT2D eigenvalue weighted by Crippen LogP contribution is 2.44. The minimum atomic E-state index is -1.25. The maximum Gasteiger partial charge on any atom is 0.252 e. The number of carbonyl (C=O) groups is 1. The van der Waals surface area contributed by atoms with Crippen molar-refractivity contribution in [2.45, 2.75) is 90.4 Å². The predicted molar refractivity (Wildman–Crippen MR) is 135 cm³/mol. The number of rotatable bonds is 9. The third-order valence-corrected chi connectivity index (χ3v) is 6.78. The Labute approximate surface area is 213 Å². The van der Waals surface area contributed by atoms with Crippen LogP contribution in [0.25, 0.3) is 0 Å². The molecule has 0 spiro atoms. The molecule has 1 aliphatic heterocycles. The smallest absolute Gasteiger partial charge is 0.252 e. The molecule has 36 heavy (non-hydrogen) atoms. The molecule has 1 saturated carbocycles. The largest absolute Gasteiger partial charge is 0.371 e. The minimum absolute atomic E-state index is 0.0336. The van der Waals surface area contributed by atoms with E-state index >= 15 is 0 Å². The maximum absolute atomic E-state index is 14.4. The van der Waals surface area contributed by atoms with Gasteiger partial charge in [-0.05, 0) is 38.3 Å². The predicted octanol–water partition coefficient (Wildman–Crippen LogP) is 5.06. The molecule has 2 fully saturated rings. The van der Waals surface area contributed by atoms with Crippen molar-refractivity contribution >= 4 is 5.91 Å².